The first-order chi connectivity index (χ1) is 19.2. The number of hydrogen-bond acceptors (Lipinski definition) is 9. The summed E-state index contributed by atoms with van der Waals surface area (Å²) in [4.78, 5) is 42.8. The van der Waals surface area contributed by atoms with E-state index in [9.17, 15) is 19.7 Å². The van der Waals surface area contributed by atoms with Gasteiger partial charge in [0, 0.05) is 11.1 Å². The summed E-state index contributed by atoms with van der Waals surface area (Å²) in [6.07, 6.45) is 1.54. The predicted molar refractivity (Wildman–Crippen MR) is 149 cm³/mol. The molecule has 0 unspecified atom stereocenters. The minimum Gasteiger partial charge on any atom is -0.497 e. The van der Waals surface area contributed by atoms with E-state index in [1.165, 1.54) is 29.9 Å². The van der Waals surface area contributed by atoms with Crippen LogP contribution in [0.1, 0.15) is 31.2 Å². The number of nitro benzene ring substituents is 1. The van der Waals surface area contributed by atoms with Crippen LogP contribution >= 0.6 is 22.9 Å². The molecule has 0 radical (unpaired) electrons. The van der Waals surface area contributed by atoms with E-state index < -0.39 is 22.5 Å². The summed E-state index contributed by atoms with van der Waals surface area (Å²) in [5.41, 5.74) is 0.878. The number of rotatable bonds is 7. The highest BCUT2D eigenvalue weighted by Gasteiger charge is 2.34. The van der Waals surface area contributed by atoms with Gasteiger partial charge in [0.2, 0.25) is 0 Å². The Hall–Kier alpha value is -4.48. The Kier molecular flexibility index (Phi) is 7.42. The number of halogens is 1. The second-order valence-corrected chi connectivity index (χ2v) is 10.1. The summed E-state index contributed by atoms with van der Waals surface area (Å²) in [5, 5.41) is 12.0. The molecular formula is C28H22ClN3O7S. The van der Waals surface area contributed by atoms with E-state index in [4.69, 9.17) is 25.5 Å². The van der Waals surface area contributed by atoms with Crippen LogP contribution in [0.2, 0.25) is 5.02 Å². The number of esters is 1. The standard InChI is InChI=1S/C28H22ClN3O7S/c1-4-38-27(34)24-15(2)30-28-31(25(24)18-7-5-6-8-20(18)29)26(33)23(40-28)14-17-10-12-22(39-17)19-11-9-16(37-3)13-21(19)32(35)36/h5-14,25H,4H2,1-3H3/t25-/m0/s1. The molecule has 2 aromatic heterocycles. The molecule has 10 nitrogen and oxygen atoms in total. The van der Waals surface area contributed by atoms with Crippen LogP contribution < -0.4 is 19.6 Å². The van der Waals surface area contributed by atoms with E-state index in [1.54, 1.807) is 56.3 Å². The van der Waals surface area contributed by atoms with Gasteiger partial charge in [-0.15, -0.1) is 0 Å². The molecule has 3 heterocycles. The Morgan fingerprint density at radius 2 is 2.02 bits per heavy atom. The molecule has 0 saturated heterocycles. The molecule has 1 aliphatic rings. The fraction of sp³-hybridized carbons (Fsp3) is 0.179. The van der Waals surface area contributed by atoms with Gasteiger partial charge in [-0.25, -0.2) is 9.79 Å². The SMILES string of the molecule is CCOC(=O)C1=C(C)N=c2sc(=Cc3ccc(-c4ccc(OC)cc4[N+](=O)[O-])o3)c(=O)n2[C@H]1c1ccccc1Cl. The van der Waals surface area contributed by atoms with Gasteiger partial charge in [0.05, 0.1) is 46.1 Å². The van der Waals surface area contributed by atoms with Crippen LogP contribution in [0.4, 0.5) is 5.69 Å². The molecule has 12 heteroatoms. The third-order valence-electron chi connectivity index (χ3n) is 6.28. The topological polar surface area (TPSA) is 126 Å². The molecule has 1 atom stereocenters. The first-order valence-corrected chi connectivity index (χ1v) is 13.3. The van der Waals surface area contributed by atoms with Crippen molar-refractivity contribution in [2.45, 2.75) is 19.9 Å². The molecule has 40 heavy (non-hydrogen) atoms. The van der Waals surface area contributed by atoms with Gasteiger partial charge in [-0.2, -0.15) is 0 Å². The van der Waals surface area contributed by atoms with Crippen LogP contribution in [0.25, 0.3) is 17.4 Å². The van der Waals surface area contributed by atoms with Crippen molar-refractivity contribution >= 4 is 40.7 Å². The monoisotopic (exact) mass is 579 g/mol. The van der Waals surface area contributed by atoms with Crippen molar-refractivity contribution in [3.05, 3.63) is 112 Å². The molecule has 0 amide bonds. The third-order valence-corrected chi connectivity index (χ3v) is 7.61. The molecule has 4 aromatic rings. The smallest absolute Gasteiger partial charge is 0.338 e. The zero-order valence-electron chi connectivity index (χ0n) is 21.5. The fourth-order valence-electron chi connectivity index (χ4n) is 4.48. The average molecular weight is 580 g/mol. The quantitative estimate of drug-likeness (QED) is 0.177. The number of methoxy groups -OCH3 is 1. The maximum absolute atomic E-state index is 13.8. The highest BCUT2D eigenvalue weighted by Crippen LogP contribution is 2.35. The number of allylic oxidation sites excluding steroid dienone is 1. The molecule has 0 saturated carbocycles. The molecule has 204 valence electrons. The van der Waals surface area contributed by atoms with Crippen molar-refractivity contribution in [2.24, 2.45) is 4.99 Å². The number of aromatic nitrogens is 1. The van der Waals surface area contributed by atoms with Crippen molar-refractivity contribution in [3.8, 4) is 17.1 Å². The van der Waals surface area contributed by atoms with Crippen LogP contribution in [-0.2, 0) is 9.53 Å². The average Bonchev–Trinajstić information content (AvgIpc) is 3.52. The van der Waals surface area contributed by atoms with Gasteiger partial charge in [-0.3, -0.25) is 19.5 Å². The third kappa shape index (κ3) is 4.85. The number of benzene rings is 2. The van der Waals surface area contributed by atoms with Crippen LogP contribution in [0.5, 0.6) is 5.75 Å². The number of nitrogens with zero attached hydrogens (tertiary/aromatic N) is 3. The first-order valence-electron chi connectivity index (χ1n) is 12.1. The Labute approximate surface area is 236 Å². The van der Waals surface area contributed by atoms with E-state index in [-0.39, 0.29) is 29.2 Å². The lowest BCUT2D eigenvalue weighted by atomic mass is 9.96. The molecule has 1 aliphatic heterocycles. The molecule has 0 fully saturated rings. The molecule has 0 N–H and O–H groups in total. The Balaban J connectivity index is 1.64. The number of thiazole rings is 1. The second-order valence-electron chi connectivity index (χ2n) is 8.67. The maximum Gasteiger partial charge on any atom is 0.338 e. The predicted octanol–water partition coefficient (Wildman–Crippen LogP) is 4.63. The number of nitro groups is 1. The van der Waals surface area contributed by atoms with Crippen molar-refractivity contribution in [2.75, 3.05) is 13.7 Å². The van der Waals surface area contributed by atoms with Crippen molar-refractivity contribution in [3.63, 3.8) is 0 Å². The molecule has 0 bridgehead atoms. The largest absolute Gasteiger partial charge is 0.497 e. The van der Waals surface area contributed by atoms with Crippen molar-refractivity contribution in [1.82, 2.24) is 4.57 Å². The van der Waals surface area contributed by atoms with Gasteiger partial charge in [-0.1, -0.05) is 41.1 Å². The summed E-state index contributed by atoms with van der Waals surface area (Å²) in [5.74, 6) is 0.317. The van der Waals surface area contributed by atoms with Crippen LogP contribution in [0, 0.1) is 10.1 Å². The fourth-order valence-corrected chi connectivity index (χ4v) is 5.75. The molecule has 2 aromatic carbocycles. The zero-order valence-corrected chi connectivity index (χ0v) is 23.1. The van der Waals surface area contributed by atoms with Gasteiger partial charge in [-0.05, 0) is 49.7 Å². The van der Waals surface area contributed by atoms with Crippen LogP contribution in [0.3, 0.4) is 0 Å². The number of hydrogen-bond donors (Lipinski definition) is 0. The van der Waals surface area contributed by atoms with Gasteiger partial charge in [0.15, 0.2) is 4.80 Å². The van der Waals surface area contributed by atoms with E-state index in [1.807, 2.05) is 0 Å². The number of fused-ring (bicyclic) bond motifs is 1. The van der Waals surface area contributed by atoms with Crippen molar-refractivity contribution < 1.29 is 23.6 Å². The summed E-state index contributed by atoms with van der Waals surface area (Å²) < 4.78 is 18.0. The van der Waals surface area contributed by atoms with E-state index >= 15 is 0 Å². The van der Waals surface area contributed by atoms with E-state index in [2.05, 4.69) is 4.99 Å². The van der Waals surface area contributed by atoms with E-state index in [0.717, 1.165) is 11.3 Å². The molecule has 0 spiro atoms. The lowest BCUT2D eigenvalue weighted by molar-refractivity contribution is -0.384. The van der Waals surface area contributed by atoms with Gasteiger partial charge in [0.1, 0.15) is 23.3 Å². The summed E-state index contributed by atoms with van der Waals surface area (Å²) >= 11 is 7.65. The lowest BCUT2D eigenvalue weighted by Gasteiger charge is -2.25. The number of ether oxygens (including phenoxy) is 2. The summed E-state index contributed by atoms with van der Waals surface area (Å²) in [6.45, 7) is 3.54. The highest BCUT2D eigenvalue weighted by molar-refractivity contribution is 7.07. The maximum atomic E-state index is 13.8. The highest BCUT2D eigenvalue weighted by atomic mass is 35.5. The second kappa shape index (κ2) is 10.9. The first kappa shape index (κ1) is 27.1. The molecular weight excluding hydrogens is 558 g/mol. The number of carbonyl (C=O) groups is 1. The number of furan rings is 1. The Morgan fingerprint density at radius 3 is 2.73 bits per heavy atom. The normalized spacial score (nSPS) is 15.0. The Morgan fingerprint density at radius 1 is 1.25 bits per heavy atom. The summed E-state index contributed by atoms with van der Waals surface area (Å²) in [7, 11) is 1.42. The van der Waals surface area contributed by atoms with E-state index in [0.29, 0.717) is 37.1 Å². The van der Waals surface area contributed by atoms with Crippen LogP contribution in [0.15, 0.2) is 80.1 Å². The number of carbonyl (C=O) groups excluding carboxylic acids is 1. The molecule has 0 aliphatic carbocycles. The van der Waals surface area contributed by atoms with Gasteiger partial charge in [0.25, 0.3) is 11.2 Å². The van der Waals surface area contributed by atoms with Crippen LogP contribution in [-0.4, -0.2) is 29.2 Å². The van der Waals surface area contributed by atoms with Gasteiger partial charge >= 0.3 is 5.97 Å². The van der Waals surface area contributed by atoms with Crippen molar-refractivity contribution in [1.29, 1.82) is 0 Å². The minimum atomic E-state index is -0.847. The summed E-state index contributed by atoms with van der Waals surface area (Å²) in [6, 6.07) is 13.8. The lowest BCUT2D eigenvalue weighted by Crippen LogP contribution is -2.40. The minimum absolute atomic E-state index is 0.155. The Bertz CT molecular complexity index is 1870. The molecule has 5 rings (SSSR count). The van der Waals surface area contributed by atoms with Gasteiger partial charge < -0.3 is 13.9 Å². The zero-order chi connectivity index (χ0) is 28.6.